The molecule has 38 heavy (non-hydrogen) atoms. The van der Waals surface area contributed by atoms with E-state index in [1.807, 2.05) is 12.1 Å². The molecule has 1 N–H and O–H groups in total. The van der Waals surface area contributed by atoms with E-state index in [4.69, 9.17) is 16.6 Å². The van der Waals surface area contributed by atoms with E-state index in [1.165, 1.54) is 30.3 Å². The molecule has 5 aromatic rings. The smallest absolute Gasteiger partial charge is 0.326 e. The van der Waals surface area contributed by atoms with Crippen LogP contribution in [0.15, 0.2) is 91.1 Å². The Balaban J connectivity index is 1.52. The number of hydrogen-bond donors (Lipinski definition) is 1. The van der Waals surface area contributed by atoms with Crippen LogP contribution in [-0.2, 0) is 17.4 Å². The summed E-state index contributed by atoms with van der Waals surface area (Å²) >= 11 is 6.06. The Morgan fingerprint density at radius 3 is 2.32 bits per heavy atom. The van der Waals surface area contributed by atoms with Crippen molar-refractivity contribution in [2.45, 2.75) is 19.0 Å². The highest BCUT2D eigenvalue weighted by Gasteiger charge is 2.30. The zero-order chi connectivity index (χ0) is 26.9. The summed E-state index contributed by atoms with van der Waals surface area (Å²) in [6, 6.07) is 21.1. The highest BCUT2D eigenvalue weighted by atomic mass is 35.5. The number of alkyl halides is 3. The minimum atomic E-state index is -4.46. The van der Waals surface area contributed by atoms with Crippen molar-refractivity contribution in [3.8, 4) is 22.4 Å². The predicted molar refractivity (Wildman–Crippen MR) is 139 cm³/mol. The highest BCUT2D eigenvalue weighted by molar-refractivity contribution is 6.30. The van der Waals surface area contributed by atoms with Crippen LogP contribution >= 0.6 is 11.6 Å². The Hall–Kier alpha value is -4.17. The minimum absolute atomic E-state index is 0.0968. The third-order valence-electron chi connectivity index (χ3n) is 6.08. The number of aromatic nitrogens is 2. The molecule has 0 radical (unpaired) electrons. The van der Waals surface area contributed by atoms with Crippen LogP contribution in [0, 0.1) is 5.82 Å². The average Bonchev–Trinajstić information content (AvgIpc) is 3.26. The van der Waals surface area contributed by atoms with Crippen molar-refractivity contribution < 1.29 is 22.4 Å². The normalized spacial score (nSPS) is 11.6. The maximum Gasteiger partial charge on any atom is 0.416 e. The number of rotatable bonds is 6. The molecular weight excluding hydrogens is 518 g/mol. The molecule has 0 saturated carbocycles. The maximum absolute atomic E-state index is 13.3. The fourth-order valence-corrected chi connectivity index (χ4v) is 4.33. The van der Waals surface area contributed by atoms with Gasteiger partial charge in [0.05, 0.1) is 17.0 Å². The molecule has 0 aliphatic heterocycles. The van der Waals surface area contributed by atoms with Crippen molar-refractivity contribution in [2.24, 2.45) is 0 Å². The molecule has 192 valence electrons. The van der Waals surface area contributed by atoms with Gasteiger partial charge in [-0.25, -0.2) is 9.37 Å². The lowest BCUT2D eigenvalue weighted by molar-refractivity contribution is -0.137. The summed E-state index contributed by atoms with van der Waals surface area (Å²) in [5, 5.41) is 3.30. The summed E-state index contributed by atoms with van der Waals surface area (Å²) < 4.78 is 54.9. The maximum atomic E-state index is 13.3. The first kappa shape index (κ1) is 25.5. The lowest BCUT2D eigenvalue weighted by Crippen LogP contribution is -2.13. The van der Waals surface area contributed by atoms with Gasteiger partial charge < -0.3 is 9.72 Å². The van der Waals surface area contributed by atoms with Gasteiger partial charge in [0.25, 0.3) is 0 Å². The largest absolute Gasteiger partial charge is 0.416 e. The summed E-state index contributed by atoms with van der Waals surface area (Å²) in [6.45, 7) is 0. The third-order valence-corrected chi connectivity index (χ3v) is 6.33. The van der Waals surface area contributed by atoms with Crippen LogP contribution < -0.4 is 5.32 Å². The molecule has 0 unspecified atom stereocenters. The van der Waals surface area contributed by atoms with Gasteiger partial charge >= 0.3 is 6.18 Å². The van der Waals surface area contributed by atoms with Gasteiger partial charge in [0.1, 0.15) is 11.5 Å². The van der Waals surface area contributed by atoms with E-state index >= 15 is 0 Å². The predicted octanol–water partition coefficient (Wildman–Crippen LogP) is 8.05. The molecule has 3 aromatic carbocycles. The number of halogens is 5. The van der Waals surface area contributed by atoms with Crippen molar-refractivity contribution in [1.29, 1.82) is 0 Å². The number of benzene rings is 3. The van der Waals surface area contributed by atoms with Gasteiger partial charge in [0.2, 0.25) is 5.91 Å². The van der Waals surface area contributed by atoms with Gasteiger partial charge in [0, 0.05) is 28.9 Å². The Labute approximate surface area is 220 Å². The second kappa shape index (κ2) is 10.3. The number of fused-ring (bicyclic) bond motifs is 1. The number of nitrogens with zero attached hydrogens (tertiary/aromatic N) is 2. The number of imidazole rings is 1. The second-order valence-corrected chi connectivity index (χ2v) is 9.13. The Bertz CT molecular complexity index is 1610. The lowest BCUT2D eigenvalue weighted by atomic mass is 10.0. The van der Waals surface area contributed by atoms with Gasteiger partial charge in [-0.05, 0) is 78.2 Å². The Morgan fingerprint density at radius 2 is 1.61 bits per heavy atom. The molecule has 0 fully saturated rings. The summed E-state index contributed by atoms with van der Waals surface area (Å²) in [4.78, 5) is 17.4. The number of nitrogens with one attached hydrogen (secondary N) is 1. The van der Waals surface area contributed by atoms with Crippen LogP contribution in [0.5, 0.6) is 0 Å². The molecule has 4 nitrogen and oxygen atoms in total. The molecule has 2 heterocycles. The van der Waals surface area contributed by atoms with Crippen LogP contribution in [0.1, 0.15) is 17.7 Å². The van der Waals surface area contributed by atoms with Gasteiger partial charge in [-0.1, -0.05) is 35.9 Å². The zero-order valence-corrected chi connectivity index (χ0v) is 20.5. The quantitative estimate of drug-likeness (QED) is 0.223. The molecular formula is C29H20ClF4N3O. The fraction of sp³-hybridized carbons (Fsp3) is 0.103. The van der Waals surface area contributed by atoms with Crippen molar-refractivity contribution in [3.05, 3.63) is 113 Å². The van der Waals surface area contributed by atoms with Crippen LogP contribution in [-0.4, -0.2) is 15.3 Å². The molecule has 0 atom stereocenters. The number of carbonyl (C=O) groups excluding carboxylic acids is 1. The third kappa shape index (κ3) is 5.55. The van der Waals surface area contributed by atoms with Crippen molar-refractivity contribution in [2.75, 3.05) is 5.32 Å². The standard InChI is InChI=1S/C29H20ClF4N3O/c30-22-7-4-18(5-8-22)28-25(13-15-27(38)35-24-11-9-23(31)10-12-24)37-17-20(6-14-26(37)36-28)19-2-1-3-21(16-19)29(32,33)34/h1-12,14,16-17H,13,15H2,(H,35,38). The summed E-state index contributed by atoms with van der Waals surface area (Å²) in [5.74, 6) is -0.680. The Morgan fingerprint density at radius 1 is 0.895 bits per heavy atom. The van der Waals surface area contributed by atoms with Crippen molar-refractivity contribution in [1.82, 2.24) is 9.38 Å². The van der Waals surface area contributed by atoms with E-state index in [0.717, 1.165) is 17.7 Å². The van der Waals surface area contributed by atoms with Gasteiger partial charge in [-0.2, -0.15) is 13.2 Å². The van der Waals surface area contributed by atoms with Crippen LogP contribution in [0.3, 0.4) is 0 Å². The average molecular weight is 538 g/mol. The van der Waals surface area contributed by atoms with E-state index in [2.05, 4.69) is 5.32 Å². The van der Waals surface area contributed by atoms with E-state index in [-0.39, 0.29) is 18.7 Å². The number of anilines is 1. The molecule has 0 aliphatic carbocycles. The number of hydrogen-bond acceptors (Lipinski definition) is 2. The first-order chi connectivity index (χ1) is 18.2. The van der Waals surface area contributed by atoms with Crippen LogP contribution in [0.25, 0.3) is 28.0 Å². The number of pyridine rings is 1. The summed E-state index contributed by atoms with van der Waals surface area (Å²) in [7, 11) is 0. The molecule has 2 aromatic heterocycles. The number of aryl methyl sites for hydroxylation is 1. The minimum Gasteiger partial charge on any atom is -0.326 e. The van der Waals surface area contributed by atoms with E-state index < -0.39 is 17.6 Å². The van der Waals surface area contributed by atoms with E-state index in [0.29, 0.717) is 38.9 Å². The molecule has 9 heteroatoms. The zero-order valence-electron chi connectivity index (χ0n) is 19.8. The summed E-state index contributed by atoms with van der Waals surface area (Å²) in [5.41, 5.74) is 3.43. The molecule has 0 spiro atoms. The SMILES string of the molecule is O=C(CCc1c(-c2ccc(Cl)cc2)nc2ccc(-c3cccc(C(F)(F)F)c3)cn12)Nc1ccc(F)cc1. The van der Waals surface area contributed by atoms with Gasteiger partial charge in [0.15, 0.2) is 0 Å². The molecule has 0 saturated heterocycles. The van der Waals surface area contributed by atoms with Crippen molar-refractivity contribution >= 4 is 28.8 Å². The van der Waals surface area contributed by atoms with Crippen molar-refractivity contribution in [3.63, 3.8) is 0 Å². The number of amides is 1. The lowest BCUT2D eigenvalue weighted by Gasteiger charge is -2.10. The first-order valence-electron chi connectivity index (χ1n) is 11.7. The summed E-state index contributed by atoms with van der Waals surface area (Å²) in [6.07, 6.45) is -2.35. The number of carbonyl (C=O) groups is 1. The van der Waals surface area contributed by atoms with E-state index in [1.54, 1.807) is 40.9 Å². The van der Waals surface area contributed by atoms with Gasteiger partial charge in [-0.15, -0.1) is 0 Å². The molecule has 5 rings (SSSR count). The van der Waals surface area contributed by atoms with Gasteiger partial charge in [-0.3, -0.25) is 4.79 Å². The van der Waals surface area contributed by atoms with E-state index in [9.17, 15) is 22.4 Å². The molecule has 1 amide bonds. The highest BCUT2D eigenvalue weighted by Crippen LogP contribution is 2.33. The molecule has 0 bridgehead atoms. The fourth-order valence-electron chi connectivity index (χ4n) is 4.21. The van der Waals surface area contributed by atoms with Crippen LogP contribution in [0.4, 0.5) is 23.2 Å². The second-order valence-electron chi connectivity index (χ2n) is 8.69. The Kier molecular flexibility index (Phi) is 6.91. The molecule has 0 aliphatic rings. The topological polar surface area (TPSA) is 46.4 Å². The first-order valence-corrected chi connectivity index (χ1v) is 12.1. The van der Waals surface area contributed by atoms with Crippen LogP contribution in [0.2, 0.25) is 5.02 Å². The monoisotopic (exact) mass is 537 g/mol.